The van der Waals surface area contributed by atoms with Crippen LogP contribution < -0.4 is 0 Å². The van der Waals surface area contributed by atoms with Crippen molar-refractivity contribution in [3.8, 4) is 0 Å². The number of hydrogen-bond donors (Lipinski definition) is 0. The standard InChI is InChI=1S/C15H31O6P/c1-3-4-5-6-7-8-9-10-11-12-13-17-20-22(16)19-15(2)14-18-21-22/h15H,3-14H2,1-2H3. The molecule has 0 radical (unpaired) electrons. The fourth-order valence-corrected chi connectivity index (χ4v) is 3.23. The van der Waals surface area contributed by atoms with Crippen LogP contribution in [-0.4, -0.2) is 19.3 Å². The van der Waals surface area contributed by atoms with E-state index in [9.17, 15) is 4.57 Å². The van der Waals surface area contributed by atoms with Gasteiger partial charge in [0, 0.05) is 0 Å². The molecule has 0 N–H and O–H groups in total. The summed E-state index contributed by atoms with van der Waals surface area (Å²) in [7, 11) is -3.69. The van der Waals surface area contributed by atoms with Crippen molar-refractivity contribution in [1.29, 1.82) is 0 Å². The highest BCUT2D eigenvalue weighted by Gasteiger charge is 2.36. The Morgan fingerprint density at radius 2 is 1.59 bits per heavy atom. The Labute approximate surface area is 134 Å². The van der Waals surface area contributed by atoms with Gasteiger partial charge in [0.15, 0.2) is 0 Å². The summed E-state index contributed by atoms with van der Waals surface area (Å²) >= 11 is 0. The second-order valence-electron chi connectivity index (χ2n) is 5.80. The van der Waals surface area contributed by atoms with Gasteiger partial charge >= 0.3 is 7.82 Å². The van der Waals surface area contributed by atoms with Crippen LogP contribution >= 0.6 is 7.82 Å². The van der Waals surface area contributed by atoms with Crippen molar-refractivity contribution in [2.45, 2.75) is 84.2 Å². The van der Waals surface area contributed by atoms with Crippen molar-refractivity contribution in [2.24, 2.45) is 0 Å². The lowest BCUT2D eigenvalue weighted by atomic mass is 10.1. The van der Waals surface area contributed by atoms with Gasteiger partial charge < -0.3 is 0 Å². The summed E-state index contributed by atoms with van der Waals surface area (Å²) in [6, 6.07) is 0. The largest absolute Gasteiger partial charge is 0.529 e. The van der Waals surface area contributed by atoms with Gasteiger partial charge in [-0.05, 0) is 13.3 Å². The minimum Gasteiger partial charge on any atom is -0.278 e. The van der Waals surface area contributed by atoms with Crippen molar-refractivity contribution in [3.05, 3.63) is 0 Å². The highest BCUT2D eigenvalue weighted by Crippen LogP contribution is 2.53. The van der Waals surface area contributed by atoms with Gasteiger partial charge in [-0.2, -0.15) is 0 Å². The maximum absolute atomic E-state index is 11.8. The Balaban J connectivity index is 1.84. The molecule has 22 heavy (non-hydrogen) atoms. The van der Waals surface area contributed by atoms with Crippen molar-refractivity contribution < 1.29 is 28.2 Å². The second-order valence-corrected chi connectivity index (χ2v) is 7.20. The van der Waals surface area contributed by atoms with Gasteiger partial charge in [0.05, 0.1) is 12.7 Å². The maximum atomic E-state index is 11.8. The quantitative estimate of drug-likeness (QED) is 0.196. The first-order valence-electron chi connectivity index (χ1n) is 8.57. The number of hydrogen-bond acceptors (Lipinski definition) is 6. The van der Waals surface area contributed by atoms with E-state index in [-0.39, 0.29) is 12.7 Å². The number of phosphoric acid groups is 1. The summed E-state index contributed by atoms with van der Waals surface area (Å²) in [4.78, 5) is 9.57. The predicted octanol–water partition coefficient (Wildman–Crippen LogP) is 5.33. The van der Waals surface area contributed by atoms with Gasteiger partial charge in [-0.3, -0.25) is 4.52 Å². The van der Waals surface area contributed by atoms with E-state index >= 15 is 0 Å². The van der Waals surface area contributed by atoms with E-state index < -0.39 is 7.82 Å². The van der Waals surface area contributed by atoms with Crippen LogP contribution in [0.4, 0.5) is 0 Å². The molecule has 132 valence electrons. The van der Waals surface area contributed by atoms with E-state index in [0.717, 1.165) is 12.8 Å². The minimum absolute atomic E-state index is 0.228. The van der Waals surface area contributed by atoms with Gasteiger partial charge in [-0.15, -0.1) is 9.35 Å². The van der Waals surface area contributed by atoms with E-state index in [1.165, 1.54) is 51.4 Å². The number of rotatable bonds is 13. The zero-order valence-corrected chi connectivity index (χ0v) is 14.9. The summed E-state index contributed by atoms with van der Waals surface area (Å²) in [5.41, 5.74) is 0. The highest BCUT2D eigenvalue weighted by molar-refractivity contribution is 7.48. The summed E-state index contributed by atoms with van der Waals surface area (Å²) in [6.45, 7) is 4.57. The average Bonchev–Trinajstić information content (AvgIpc) is 2.48. The molecule has 2 atom stereocenters. The maximum Gasteiger partial charge on any atom is 0.529 e. The number of unbranched alkanes of at least 4 members (excludes halogenated alkanes) is 9. The second kappa shape index (κ2) is 12.5. The van der Waals surface area contributed by atoms with E-state index in [2.05, 4.69) is 16.5 Å². The third-order valence-electron chi connectivity index (χ3n) is 3.48. The van der Waals surface area contributed by atoms with Crippen LogP contribution in [0.25, 0.3) is 0 Å². The van der Waals surface area contributed by atoms with Gasteiger partial charge in [0.2, 0.25) is 0 Å². The molecule has 6 nitrogen and oxygen atoms in total. The summed E-state index contributed by atoms with van der Waals surface area (Å²) < 4.78 is 26.1. The molecule has 2 unspecified atom stereocenters. The average molecular weight is 338 g/mol. The fraction of sp³-hybridized carbons (Fsp3) is 1.00. The molecule has 1 fully saturated rings. The molecule has 0 amide bonds. The third kappa shape index (κ3) is 9.93. The molecule has 0 saturated carbocycles. The van der Waals surface area contributed by atoms with E-state index in [4.69, 9.17) is 14.1 Å². The molecule has 1 aliphatic rings. The molecule has 0 aromatic carbocycles. The lowest BCUT2D eigenvalue weighted by molar-refractivity contribution is -0.310. The van der Waals surface area contributed by atoms with Gasteiger partial charge in [-0.25, -0.2) is 14.3 Å². The molecule has 1 rings (SSSR count). The summed E-state index contributed by atoms with van der Waals surface area (Å²) in [6.07, 6.45) is 12.1. The lowest BCUT2D eigenvalue weighted by Crippen LogP contribution is -2.22. The third-order valence-corrected chi connectivity index (χ3v) is 4.68. The van der Waals surface area contributed by atoms with Crippen molar-refractivity contribution >= 4 is 7.82 Å². The van der Waals surface area contributed by atoms with Crippen molar-refractivity contribution in [1.82, 2.24) is 0 Å². The predicted molar refractivity (Wildman–Crippen MR) is 84.1 cm³/mol. The molecular formula is C15H31O6P. The SMILES string of the molecule is CCCCCCCCCCCCOOP1(=O)OOCC(C)O1. The summed E-state index contributed by atoms with van der Waals surface area (Å²) in [5.74, 6) is 0. The molecule has 0 spiro atoms. The van der Waals surface area contributed by atoms with Crippen LogP contribution in [0.3, 0.4) is 0 Å². The van der Waals surface area contributed by atoms with Crippen LogP contribution in [0.1, 0.15) is 78.1 Å². The first-order valence-corrected chi connectivity index (χ1v) is 10.0. The normalized spacial score (nSPS) is 25.5. The lowest BCUT2D eigenvalue weighted by Gasteiger charge is -2.23. The molecule has 0 bridgehead atoms. The van der Waals surface area contributed by atoms with E-state index in [1.54, 1.807) is 6.92 Å². The first kappa shape index (κ1) is 20.1. The fourth-order valence-electron chi connectivity index (χ4n) is 2.24. The molecule has 0 aliphatic carbocycles. The molecule has 1 aliphatic heterocycles. The monoisotopic (exact) mass is 338 g/mol. The molecular weight excluding hydrogens is 307 g/mol. The molecule has 0 aromatic heterocycles. The van der Waals surface area contributed by atoms with Crippen LogP contribution in [0.2, 0.25) is 0 Å². The summed E-state index contributed by atoms with van der Waals surface area (Å²) in [5, 5.41) is 0. The van der Waals surface area contributed by atoms with Crippen LogP contribution in [0.15, 0.2) is 0 Å². The minimum atomic E-state index is -3.69. The van der Waals surface area contributed by atoms with Gasteiger partial charge in [-0.1, -0.05) is 64.7 Å². The van der Waals surface area contributed by atoms with Crippen LogP contribution in [0.5, 0.6) is 0 Å². The Hall–Kier alpha value is 0.0300. The van der Waals surface area contributed by atoms with Crippen LogP contribution in [0, 0.1) is 0 Å². The Morgan fingerprint density at radius 3 is 2.18 bits per heavy atom. The van der Waals surface area contributed by atoms with Gasteiger partial charge in [0.25, 0.3) is 0 Å². The highest BCUT2D eigenvalue weighted by atomic mass is 31.2. The molecule has 0 aromatic rings. The molecule has 7 heteroatoms. The van der Waals surface area contributed by atoms with Crippen LogP contribution in [-0.2, 0) is 28.2 Å². The zero-order chi connectivity index (χ0) is 16.1. The van der Waals surface area contributed by atoms with E-state index in [0.29, 0.717) is 6.61 Å². The molecule has 1 saturated heterocycles. The topological polar surface area (TPSA) is 63.2 Å². The Kier molecular flexibility index (Phi) is 11.4. The first-order chi connectivity index (χ1) is 10.7. The van der Waals surface area contributed by atoms with E-state index in [1.807, 2.05) is 0 Å². The Bertz CT molecular complexity index is 312. The Morgan fingerprint density at radius 1 is 1.00 bits per heavy atom. The van der Waals surface area contributed by atoms with Crippen molar-refractivity contribution in [3.63, 3.8) is 0 Å². The van der Waals surface area contributed by atoms with Gasteiger partial charge in [0.1, 0.15) is 6.61 Å². The zero-order valence-electron chi connectivity index (χ0n) is 14.0. The molecule has 1 heterocycles. The smallest absolute Gasteiger partial charge is 0.278 e. The van der Waals surface area contributed by atoms with Crippen molar-refractivity contribution in [2.75, 3.05) is 13.2 Å².